The predicted molar refractivity (Wildman–Crippen MR) is 107 cm³/mol. The summed E-state index contributed by atoms with van der Waals surface area (Å²) >= 11 is 0. The van der Waals surface area contributed by atoms with E-state index < -0.39 is 15.3 Å². The molecule has 7 nitrogen and oxygen atoms in total. The fourth-order valence-corrected chi connectivity index (χ4v) is 6.31. The van der Waals surface area contributed by atoms with Crippen molar-refractivity contribution in [3.8, 4) is 0 Å². The molecule has 2 amide bonds. The van der Waals surface area contributed by atoms with Crippen molar-refractivity contribution in [3.63, 3.8) is 0 Å². The van der Waals surface area contributed by atoms with Crippen molar-refractivity contribution in [2.75, 3.05) is 25.0 Å². The molecule has 0 unspecified atom stereocenters. The van der Waals surface area contributed by atoms with E-state index in [4.69, 9.17) is 0 Å². The summed E-state index contributed by atoms with van der Waals surface area (Å²) in [6.07, 6.45) is 4.39. The van der Waals surface area contributed by atoms with E-state index >= 15 is 0 Å². The predicted octanol–water partition coefficient (Wildman–Crippen LogP) is 2.68. The number of carbonyl (C=O) groups is 1. The Morgan fingerprint density at radius 1 is 1.17 bits per heavy atom. The molecule has 0 bridgehead atoms. The highest BCUT2D eigenvalue weighted by Gasteiger charge is 2.47. The van der Waals surface area contributed by atoms with Crippen LogP contribution in [0.2, 0.25) is 0 Å². The van der Waals surface area contributed by atoms with Gasteiger partial charge in [0.05, 0.1) is 5.25 Å². The van der Waals surface area contributed by atoms with E-state index in [-0.39, 0.29) is 17.8 Å². The van der Waals surface area contributed by atoms with Crippen LogP contribution in [0.25, 0.3) is 0 Å². The van der Waals surface area contributed by atoms with Gasteiger partial charge in [-0.25, -0.2) is 17.6 Å². The van der Waals surface area contributed by atoms with Gasteiger partial charge in [-0.15, -0.1) is 0 Å². The monoisotopic (exact) mass is 418 g/mol. The van der Waals surface area contributed by atoms with Gasteiger partial charge < -0.3 is 10.2 Å². The number of rotatable bonds is 3. The van der Waals surface area contributed by atoms with Crippen molar-refractivity contribution in [2.24, 2.45) is 5.92 Å². The lowest BCUT2D eigenvalue weighted by Crippen LogP contribution is -2.37. The van der Waals surface area contributed by atoms with E-state index in [0.717, 1.165) is 5.56 Å². The standard InChI is InChI=1S/C20H23FN4O3S/c21-17-3-5-18(6-4-17)23-20(26)24-10-7-16-14-25(13-15-2-1-9-22-12-15)29(27,28)19(16)8-11-24/h1-6,9,12,16,19H,7-8,10-11,13-14H2,(H,23,26)/t16-,19-/m1/s1. The summed E-state index contributed by atoms with van der Waals surface area (Å²) in [4.78, 5) is 18.2. The van der Waals surface area contributed by atoms with E-state index in [1.54, 1.807) is 27.7 Å². The van der Waals surface area contributed by atoms with Crippen molar-refractivity contribution in [3.05, 3.63) is 60.2 Å². The molecule has 2 atom stereocenters. The van der Waals surface area contributed by atoms with Crippen LogP contribution in [0.3, 0.4) is 0 Å². The summed E-state index contributed by atoms with van der Waals surface area (Å²) in [6, 6.07) is 8.95. The number of pyridine rings is 1. The molecule has 154 valence electrons. The number of hydrogen-bond acceptors (Lipinski definition) is 4. The Balaban J connectivity index is 1.40. The van der Waals surface area contributed by atoms with Gasteiger partial charge in [0.1, 0.15) is 5.82 Å². The fourth-order valence-electron chi connectivity index (χ4n) is 4.08. The summed E-state index contributed by atoms with van der Waals surface area (Å²) in [5, 5.41) is 2.28. The van der Waals surface area contributed by atoms with Gasteiger partial charge in [-0.3, -0.25) is 4.98 Å². The first kappa shape index (κ1) is 19.8. The topological polar surface area (TPSA) is 82.6 Å². The first-order chi connectivity index (χ1) is 13.9. The summed E-state index contributed by atoms with van der Waals surface area (Å²) in [5.74, 6) is -0.369. The Bertz CT molecular complexity index is 969. The Morgan fingerprint density at radius 3 is 2.66 bits per heavy atom. The maximum Gasteiger partial charge on any atom is 0.321 e. The van der Waals surface area contributed by atoms with Gasteiger partial charge in [-0.05, 0) is 54.7 Å². The van der Waals surface area contributed by atoms with Gasteiger partial charge in [0, 0.05) is 44.3 Å². The number of urea groups is 1. The molecule has 0 aliphatic carbocycles. The molecule has 0 radical (unpaired) electrons. The van der Waals surface area contributed by atoms with Crippen LogP contribution in [0, 0.1) is 11.7 Å². The third kappa shape index (κ3) is 4.25. The quantitative estimate of drug-likeness (QED) is 0.831. The highest BCUT2D eigenvalue weighted by molar-refractivity contribution is 7.90. The molecular formula is C20H23FN4O3S. The van der Waals surface area contributed by atoms with Gasteiger partial charge >= 0.3 is 6.03 Å². The Kier molecular flexibility index (Phi) is 5.51. The van der Waals surface area contributed by atoms with E-state index in [9.17, 15) is 17.6 Å². The Morgan fingerprint density at radius 2 is 1.93 bits per heavy atom. The van der Waals surface area contributed by atoms with Crippen LogP contribution in [0.5, 0.6) is 0 Å². The maximum atomic E-state index is 13.0. The first-order valence-electron chi connectivity index (χ1n) is 9.63. The summed E-state index contributed by atoms with van der Waals surface area (Å²) < 4.78 is 40.6. The van der Waals surface area contributed by atoms with Crippen LogP contribution in [-0.4, -0.2) is 53.5 Å². The average molecular weight is 418 g/mol. The zero-order valence-corrected chi connectivity index (χ0v) is 16.7. The van der Waals surface area contributed by atoms with Crippen molar-refractivity contribution in [1.29, 1.82) is 0 Å². The molecule has 1 N–H and O–H groups in total. The minimum absolute atomic E-state index is 0.000271. The number of nitrogens with zero attached hydrogens (tertiary/aromatic N) is 3. The van der Waals surface area contributed by atoms with Crippen LogP contribution in [0.15, 0.2) is 48.8 Å². The second-order valence-electron chi connectivity index (χ2n) is 7.50. The number of benzene rings is 1. The van der Waals surface area contributed by atoms with E-state index in [2.05, 4.69) is 10.3 Å². The zero-order valence-electron chi connectivity index (χ0n) is 15.9. The van der Waals surface area contributed by atoms with Gasteiger partial charge in [0.15, 0.2) is 0 Å². The number of sulfonamides is 1. The number of anilines is 1. The third-order valence-corrected chi connectivity index (χ3v) is 8.01. The molecule has 3 heterocycles. The summed E-state index contributed by atoms with van der Waals surface area (Å²) in [5.41, 5.74) is 1.38. The van der Waals surface area contributed by atoms with E-state index in [1.807, 2.05) is 6.07 Å². The van der Waals surface area contributed by atoms with Crippen molar-refractivity contribution < 1.29 is 17.6 Å². The minimum atomic E-state index is -3.42. The van der Waals surface area contributed by atoms with Gasteiger partial charge in [-0.2, -0.15) is 4.31 Å². The molecule has 2 fully saturated rings. The van der Waals surface area contributed by atoms with E-state index in [0.29, 0.717) is 44.7 Å². The summed E-state index contributed by atoms with van der Waals surface area (Å²) in [6.45, 7) is 1.66. The van der Waals surface area contributed by atoms with Gasteiger partial charge in [0.25, 0.3) is 0 Å². The number of fused-ring (bicyclic) bond motifs is 1. The molecule has 2 aliphatic rings. The lowest BCUT2D eigenvalue weighted by molar-refractivity contribution is 0.212. The van der Waals surface area contributed by atoms with Gasteiger partial charge in [-0.1, -0.05) is 6.07 Å². The molecule has 0 spiro atoms. The molecule has 1 aromatic carbocycles. The fraction of sp³-hybridized carbons (Fsp3) is 0.400. The number of halogens is 1. The van der Waals surface area contributed by atoms with Crippen molar-refractivity contribution in [2.45, 2.75) is 24.6 Å². The number of carbonyl (C=O) groups excluding carboxylic acids is 1. The molecule has 0 saturated carbocycles. The molecule has 2 saturated heterocycles. The van der Waals surface area contributed by atoms with Crippen LogP contribution in [-0.2, 0) is 16.6 Å². The smallest absolute Gasteiger partial charge is 0.321 e. The first-order valence-corrected chi connectivity index (χ1v) is 11.1. The van der Waals surface area contributed by atoms with E-state index in [1.165, 1.54) is 24.3 Å². The van der Waals surface area contributed by atoms with Crippen LogP contribution in [0.1, 0.15) is 18.4 Å². The third-order valence-electron chi connectivity index (χ3n) is 5.62. The van der Waals surface area contributed by atoms with Crippen LogP contribution < -0.4 is 5.32 Å². The number of aromatic nitrogens is 1. The second kappa shape index (κ2) is 8.08. The van der Waals surface area contributed by atoms with Crippen LogP contribution in [0.4, 0.5) is 14.9 Å². The molecule has 1 aromatic heterocycles. The largest absolute Gasteiger partial charge is 0.324 e. The molecule has 2 aromatic rings. The number of likely N-dealkylation sites (tertiary alicyclic amines) is 1. The SMILES string of the molecule is O=C(Nc1ccc(F)cc1)N1CC[C@@H]2CN(Cc3cccnc3)S(=O)(=O)[C@@H]2CC1. The zero-order chi connectivity index (χ0) is 20.4. The molecule has 2 aliphatic heterocycles. The Hall–Kier alpha value is -2.52. The molecule has 4 rings (SSSR count). The number of hydrogen-bond donors (Lipinski definition) is 1. The maximum absolute atomic E-state index is 13.0. The average Bonchev–Trinajstić information content (AvgIpc) is 2.85. The van der Waals surface area contributed by atoms with Crippen molar-refractivity contribution in [1.82, 2.24) is 14.2 Å². The normalized spacial score (nSPS) is 24.0. The Labute approximate surface area is 169 Å². The summed E-state index contributed by atoms with van der Waals surface area (Å²) in [7, 11) is -3.42. The number of amides is 2. The minimum Gasteiger partial charge on any atom is -0.324 e. The molecule has 29 heavy (non-hydrogen) atoms. The van der Waals surface area contributed by atoms with Crippen molar-refractivity contribution >= 4 is 21.7 Å². The highest BCUT2D eigenvalue weighted by Crippen LogP contribution is 2.35. The highest BCUT2D eigenvalue weighted by atomic mass is 32.2. The van der Waals surface area contributed by atoms with Crippen LogP contribution >= 0.6 is 0 Å². The second-order valence-corrected chi connectivity index (χ2v) is 9.65. The molecular weight excluding hydrogens is 395 g/mol. The number of nitrogens with one attached hydrogen (secondary N) is 1. The lowest BCUT2D eigenvalue weighted by Gasteiger charge is -2.22. The lowest BCUT2D eigenvalue weighted by atomic mass is 10.0. The molecule has 9 heteroatoms. The van der Waals surface area contributed by atoms with Gasteiger partial charge in [0.2, 0.25) is 10.0 Å².